The molecule has 3 heterocycles. The number of likely N-dealkylation sites (tertiary alicyclic amines) is 1. The molecular weight excluding hydrogens is 358 g/mol. The number of carbonyl (C=O) groups excluding carboxylic acids is 1. The van der Waals surface area contributed by atoms with E-state index in [0.717, 1.165) is 30.5 Å². The third-order valence-electron chi connectivity index (χ3n) is 5.04. The third-order valence-corrected chi connectivity index (χ3v) is 5.04. The van der Waals surface area contributed by atoms with E-state index in [9.17, 15) is 4.79 Å². The van der Waals surface area contributed by atoms with E-state index in [1.165, 1.54) is 6.33 Å². The minimum absolute atomic E-state index is 0.0402. The molecule has 1 aliphatic rings. The van der Waals surface area contributed by atoms with Gasteiger partial charge in [0.25, 0.3) is 11.7 Å². The topological polar surface area (TPSA) is 81.9 Å². The molecule has 1 aliphatic heterocycles. The quantitative estimate of drug-likeness (QED) is 0.676. The molecule has 2 aromatic heterocycles. The van der Waals surface area contributed by atoms with Gasteiger partial charge in [0.05, 0.1) is 18.8 Å². The number of aromatic nitrogens is 4. The number of ether oxygens (including phenoxy) is 2. The average molecular weight is 381 g/mol. The molecular formula is C20H23N5O3. The predicted octanol–water partition coefficient (Wildman–Crippen LogP) is 2.57. The molecule has 0 unspecified atom stereocenters. The van der Waals surface area contributed by atoms with Crippen LogP contribution in [0.2, 0.25) is 0 Å². The summed E-state index contributed by atoms with van der Waals surface area (Å²) in [6.45, 7) is 2.63. The Labute approximate surface area is 163 Å². The Morgan fingerprint density at radius 3 is 2.96 bits per heavy atom. The summed E-state index contributed by atoms with van der Waals surface area (Å²) in [5, 5.41) is 4.27. The number of hydrogen-bond donors (Lipinski definition) is 0. The van der Waals surface area contributed by atoms with Gasteiger partial charge in [0.2, 0.25) is 0 Å². The average Bonchev–Trinajstić information content (AvgIpc) is 3.21. The first-order valence-corrected chi connectivity index (χ1v) is 9.39. The third kappa shape index (κ3) is 3.49. The molecule has 1 fully saturated rings. The highest BCUT2D eigenvalue weighted by Crippen LogP contribution is 2.32. The van der Waals surface area contributed by atoms with Crippen molar-refractivity contribution in [2.75, 3.05) is 20.3 Å². The van der Waals surface area contributed by atoms with Crippen LogP contribution in [0.3, 0.4) is 0 Å². The van der Waals surface area contributed by atoms with Crippen molar-refractivity contribution in [3.63, 3.8) is 0 Å². The lowest BCUT2D eigenvalue weighted by atomic mass is 9.99. The predicted molar refractivity (Wildman–Crippen MR) is 102 cm³/mol. The summed E-state index contributed by atoms with van der Waals surface area (Å²) in [6, 6.07) is 7.49. The lowest BCUT2D eigenvalue weighted by Gasteiger charge is -2.35. The van der Waals surface area contributed by atoms with Crippen LogP contribution in [0.1, 0.15) is 36.6 Å². The molecule has 0 aliphatic carbocycles. The molecule has 1 atom stereocenters. The SMILES string of the molecule is COc1cc(C)ccc1OCC(=O)N1CCCC[C@@H]1c1ccnc2ncnn12. The number of amides is 1. The molecule has 0 saturated carbocycles. The molecule has 1 aromatic carbocycles. The van der Waals surface area contributed by atoms with Crippen LogP contribution in [0.15, 0.2) is 36.8 Å². The van der Waals surface area contributed by atoms with Crippen molar-refractivity contribution in [1.29, 1.82) is 0 Å². The summed E-state index contributed by atoms with van der Waals surface area (Å²) in [7, 11) is 1.59. The molecule has 0 bridgehead atoms. The number of methoxy groups -OCH3 is 1. The van der Waals surface area contributed by atoms with Gasteiger partial charge in [0.15, 0.2) is 18.1 Å². The molecule has 0 spiro atoms. The zero-order valence-corrected chi connectivity index (χ0v) is 16.0. The summed E-state index contributed by atoms with van der Waals surface area (Å²) in [6.07, 6.45) is 6.09. The van der Waals surface area contributed by atoms with E-state index in [2.05, 4.69) is 15.1 Å². The number of fused-ring (bicyclic) bond motifs is 1. The standard InChI is InChI=1S/C20H23N5O3/c1-14-6-7-17(18(11-14)27-2)28-12-19(26)24-10-4-3-5-15(24)16-8-9-21-20-22-13-23-25(16)20/h6-9,11,13,15H,3-5,10,12H2,1-2H3/t15-/m1/s1. The van der Waals surface area contributed by atoms with Gasteiger partial charge in [0.1, 0.15) is 6.33 Å². The summed E-state index contributed by atoms with van der Waals surface area (Å²) in [5.41, 5.74) is 1.99. The van der Waals surface area contributed by atoms with Gasteiger partial charge in [-0.15, -0.1) is 0 Å². The van der Waals surface area contributed by atoms with E-state index in [0.29, 0.717) is 23.8 Å². The van der Waals surface area contributed by atoms with Crippen LogP contribution in [0.5, 0.6) is 11.5 Å². The van der Waals surface area contributed by atoms with E-state index in [4.69, 9.17) is 9.47 Å². The maximum Gasteiger partial charge on any atom is 0.261 e. The Morgan fingerprint density at radius 2 is 2.11 bits per heavy atom. The number of nitrogens with zero attached hydrogens (tertiary/aromatic N) is 5. The highest BCUT2D eigenvalue weighted by molar-refractivity contribution is 5.78. The zero-order valence-electron chi connectivity index (χ0n) is 16.0. The Balaban J connectivity index is 1.53. The molecule has 0 N–H and O–H groups in total. The van der Waals surface area contributed by atoms with Crippen molar-refractivity contribution in [2.45, 2.75) is 32.2 Å². The Morgan fingerprint density at radius 1 is 1.21 bits per heavy atom. The number of carbonyl (C=O) groups is 1. The number of rotatable bonds is 5. The van der Waals surface area contributed by atoms with Crippen molar-refractivity contribution >= 4 is 11.7 Å². The van der Waals surface area contributed by atoms with Gasteiger partial charge >= 0.3 is 0 Å². The second-order valence-corrected chi connectivity index (χ2v) is 6.88. The zero-order chi connectivity index (χ0) is 19.5. The highest BCUT2D eigenvalue weighted by atomic mass is 16.5. The highest BCUT2D eigenvalue weighted by Gasteiger charge is 2.30. The number of piperidine rings is 1. The molecule has 1 saturated heterocycles. The smallest absolute Gasteiger partial charge is 0.261 e. The van der Waals surface area contributed by atoms with E-state index in [1.807, 2.05) is 36.1 Å². The summed E-state index contributed by atoms with van der Waals surface area (Å²) in [5.74, 6) is 1.67. The van der Waals surface area contributed by atoms with Crippen LogP contribution in [-0.4, -0.2) is 50.7 Å². The first kappa shape index (κ1) is 18.2. The molecule has 3 aromatic rings. The Kier molecular flexibility index (Phi) is 5.10. The first-order valence-electron chi connectivity index (χ1n) is 9.39. The van der Waals surface area contributed by atoms with E-state index in [1.54, 1.807) is 17.8 Å². The van der Waals surface area contributed by atoms with Gasteiger partial charge in [-0.25, -0.2) is 4.98 Å². The lowest BCUT2D eigenvalue weighted by Crippen LogP contribution is -2.41. The van der Waals surface area contributed by atoms with Crippen molar-refractivity contribution in [2.24, 2.45) is 0 Å². The van der Waals surface area contributed by atoms with Crippen LogP contribution in [0, 0.1) is 6.92 Å². The molecule has 146 valence electrons. The maximum absolute atomic E-state index is 13.0. The largest absolute Gasteiger partial charge is 0.493 e. The molecule has 0 radical (unpaired) electrons. The van der Waals surface area contributed by atoms with Gasteiger partial charge in [-0.1, -0.05) is 6.07 Å². The summed E-state index contributed by atoms with van der Waals surface area (Å²) < 4.78 is 12.9. The second-order valence-electron chi connectivity index (χ2n) is 6.88. The molecule has 8 nitrogen and oxygen atoms in total. The van der Waals surface area contributed by atoms with Crippen LogP contribution in [-0.2, 0) is 4.79 Å². The maximum atomic E-state index is 13.0. The van der Waals surface area contributed by atoms with Crippen LogP contribution in [0.4, 0.5) is 0 Å². The fourth-order valence-corrected chi connectivity index (χ4v) is 3.66. The van der Waals surface area contributed by atoms with Crippen molar-refractivity contribution in [3.05, 3.63) is 48.0 Å². The Hall–Kier alpha value is -3.16. The Bertz CT molecular complexity index is 987. The van der Waals surface area contributed by atoms with Crippen molar-refractivity contribution in [1.82, 2.24) is 24.5 Å². The first-order chi connectivity index (χ1) is 13.7. The molecule has 28 heavy (non-hydrogen) atoms. The normalized spacial score (nSPS) is 16.9. The van der Waals surface area contributed by atoms with E-state index in [-0.39, 0.29) is 18.6 Å². The number of aryl methyl sites for hydroxylation is 1. The fraction of sp³-hybridized carbons (Fsp3) is 0.400. The lowest BCUT2D eigenvalue weighted by molar-refractivity contribution is -0.137. The number of benzene rings is 1. The van der Waals surface area contributed by atoms with Gasteiger partial charge in [-0.3, -0.25) is 4.79 Å². The van der Waals surface area contributed by atoms with E-state index >= 15 is 0 Å². The minimum atomic E-state index is -0.0723. The molecule has 8 heteroatoms. The van der Waals surface area contributed by atoms with Crippen LogP contribution >= 0.6 is 0 Å². The van der Waals surface area contributed by atoms with Crippen molar-refractivity contribution < 1.29 is 14.3 Å². The minimum Gasteiger partial charge on any atom is -0.493 e. The van der Waals surface area contributed by atoms with E-state index < -0.39 is 0 Å². The molecule has 4 rings (SSSR count). The fourth-order valence-electron chi connectivity index (χ4n) is 3.66. The second kappa shape index (κ2) is 7.84. The van der Waals surface area contributed by atoms with Crippen LogP contribution < -0.4 is 9.47 Å². The number of hydrogen-bond acceptors (Lipinski definition) is 6. The van der Waals surface area contributed by atoms with Crippen molar-refractivity contribution in [3.8, 4) is 11.5 Å². The van der Waals surface area contributed by atoms with Gasteiger partial charge in [0, 0.05) is 12.7 Å². The monoisotopic (exact) mass is 381 g/mol. The van der Waals surface area contributed by atoms with Gasteiger partial charge in [-0.05, 0) is 49.9 Å². The van der Waals surface area contributed by atoms with Gasteiger partial charge in [-0.2, -0.15) is 14.6 Å². The summed E-state index contributed by atoms with van der Waals surface area (Å²) >= 11 is 0. The summed E-state index contributed by atoms with van der Waals surface area (Å²) in [4.78, 5) is 23.2. The molecule has 1 amide bonds. The van der Waals surface area contributed by atoms with Crippen LogP contribution in [0.25, 0.3) is 5.78 Å². The van der Waals surface area contributed by atoms with Gasteiger partial charge < -0.3 is 14.4 Å².